The smallest absolute Gasteiger partial charge is 0.252 e. The molecule has 0 amide bonds. The number of benzene rings is 1. The van der Waals surface area contributed by atoms with Crippen LogP contribution in [0, 0.1) is 6.92 Å². The summed E-state index contributed by atoms with van der Waals surface area (Å²) < 4.78 is 36.6. The van der Waals surface area contributed by atoms with E-state index in [9.17, 15) is 8.42 Å². The normalized spacial score (nSPS) is 11.7. The maximum absolute atomic E-state index is 12.2. The molecule has 0 radical (unpaired) electrons. The predicted octanol–water partition coefficient (Wildman–Crippen LogP) is 1.05. The molecule has 8 heteroatoms. The minimum atomic E-state index is -3.53. The van der Waals surface area contributed by atoms with Crippen LogP contribution in [0.1, 0.15) is 17.3 Å². The molecular weight excluding hydrogens is 294 g/mol. The minimum Gasteiger partial charge on any atom is -0.375 e. The zero-order valence-corrected chi connectivity index (χ0v) is 12.7. The maximum Gasteiger partial charge on any atom is 0.252 e. The summed E-state index contributed by atoms with van der Waals surface area (Å²) in [5, 5.41) is 3.74. The quantitative estimate of drug-likeness (QED) is 0.821. The first-order valence-corrected chi connectivity index (χ1v) is 7.87. The van der Waals surface area contributed by atoms with E-state index < -0.39 is 10.0 Å². The summed E-state index contributed by atoms with van der Waals surface area (Å²) in [4.78, 5) is 4.35. The predicted molar refractivity (Wildman–Crippen MR) is 75.1 cm³/mol. The van der Waals surface area contributed by atoms with Gasteiger partial charge in [-0.1, -0.05) is 23.4 Å². The Kier molecular flexibility index (Phi) is 5.05. The fourth-order valence-electron chi connectivity index (χ4n) is 1.81. The average molecular weight is 311 g/mol. The number of nitrogens with zero attached hydrogens (tertiary/aromatic N) is 2. The molecule has 1 N–H and O–H groups in total. The van der Waals surface area contributed by atoms with Crippen LogP contribution >= 0.6 is 0 Å². The summed E-state index contributed by atoms with van der Waals surface area (Å²) in [6.07, 6.45) is 0.346. The second kappa shape index (κ2) is 6.79. The van der Waals surface area contributed by atoms with Gasteiger partial charge in [0.1, 0.15) is 6.61 Å². The van der Waals surface area contributed by atoms with Crippen molar-refractivity contribution in [2.24, 2.45) is 0 Å². The van der Waals surface area contributed by atoms with Crippen LogP contribution in [0.5, 0.6) is 0 Å². The number of rotatable bonds is 7. The first-order chi connectivity index (χ1) is 10.0. The summed E-state index contributed by atoms with van der Waals surface area (Å²) in [7, 11) is -2.00. The van der Waals surface area contributed by atoms with Crippen molar-refractivity contribution in [3.05, 3.63) is 41.5 Å². The van der Waals surface area contributed by atoms with Gasteiger partial charge in [0.05, 0.1) is 4.90 Å². The zero-order chi connectivity index (χ0) is 15.3. The number of hydrogen-bond acceptors (Lipinski definition) is 6. The fourth-order valence-corrected chi connectivity index (χ4v) is 3.08. The topological polar surface area (TPSA) is 94.3 Å². The second-order valence-electron chi connectivity index (χ2n) is 4.45. The molecule has 0 aliphatic rings. The molecule has 0 saturated heterocycles. The molecule has 0 aliphatic heterocycles. The zero-order valence-electron chi connectivity index (χ0n) is 11.9. The van der Waals surface area contributed by atoms with Crippen molar-refractivity contribution < 1.29 is 17.7 Å². The van der Waals surface area contributed by atoms with Crippen LogP contribution in [-0.2, 0) is 27.8 Å². The van der Waals surface area contributed by atoms with Crippen LogP contribution < -0.4 is 4.72 Å². The van der Waals surface area contributed by atoms with E-state index in [2.05, 4.69) is 14.9 Å². The van der Waals surface area contributed by atoms with Gasteiger partial charge >= 0.3 is 0 Å². The molecule has 1 heterocycles. The first-order valence-electron chi connectivity index (χ1n) is 6.38. The molecule has 7 nitrogen and oxygen atoms in total. The Bertz CT molecular complexity index is 697. The van der Waals surface area contributed by atoms with Crippen molar-refractivity contribution >= 4 is 10.0 Å². The van der Waals surface area contributed by atoms with Crippen LogP contribution in [0.15, 0.2) is 33.7 Å². The van der Waals surface area contributed by atoms with E-state index in [-0.39, 0.29) is 18.0 Å². The Balaban J connectivity index is 1.94. The monoisotopic (exact) mass is 311 g/mol. The summed E-state index contributed by atoms with van der Waals surface area (Å²) in [6.45, 7) is 2.19. The third-order valence-corrected chi connectivity index (χ3v) is 4.42. The van der Waals surface area contributed by atoms with Gasteiger partial charge < -0.3 is 9.26 Å². The first kappa shape index (κ1) is 15.6. The molecule has 0 saturated carbocycles. The SMILES string of the molecule is COCc1nc(CCNS(=O)(=O)c2ccccc2C)no1. The van der Waals surface area contributed by atoms with E-state index in [0.717, 1.165) is 0 Å². The van der Waals surface area contributed by atoms with Gasteiger partial charge in [-0.05, 0) is 18.6 Å². The molecular formula is C13H17N3O4S. The molecule has 0 spiro atoms. The van der Waals surface area contributed by atoms with E-state index in [1.807, 2.05) is 0 Å². The summed E-state index contributed by atoms with van der Waals surface area (Å²) in [5.74, 6) is 0.809. The number of nitrogens with one attached hydrogen (secondary N) is 1. The van der Waals surface area contributed by atoms with Crippen LogP contribution in [0.2, 0.25) is 0 Å². The van der Waals surface area contributed by atoms with Gasteiger partial charge in [0.25, 0.3) is 5.89 Å². The lowest BCUT2D eigenvalue weighted by Gasteiger charge is -2.07. The summed E-state index contributed by atoms with van der Waals surface area (Å²) in [6, 6.07) is 6.82. The van der Waals surface area contributed by atoms with E-state index in [1.165, 1.54) is 7.11 Å². The number of ether oxygens (including phenoxy) is 1. The summed E-state index contributed by atoms with van der Waals surface area (Å²) in [5.41, 5.74) is 0.701. The molecule has 21 heavy (non-hydrogen) atoms. The summed E-state index contributed by atoms with van der Waals surface area (Å²) >= 11 is 0. The number of methoxy groups -OCH3 is 1. The van der Waals surface area contributed by atoms with E-state index in [4.69, 9.17) is 9.26 Å². The lowest BCUT2D eigenvalue weighted by molar-refractivity contribution is 0.151. The molecule has 1 aromatic carbocycles. The molecule has 2 aromatic rings. The van der Waals surface area contributed by atoms with Gasteiger partial charge in [-0.15, -0.1) is 0 Å². The second-order valence-corrected chi connectivity index (χ2v) is 6.19. The number of hydrogen-bond donors (Lipinski definition) is 1. The van der Waals surface area contributed by atoms with Crippen molar-refractivity contribution in [1.82, 2.24) is 14.9 Å². The van der Waals surface area contributed by atoms with Gasteiger partial charge in [-0.25, -0.2) is 13.1 Å². The Hall–Kier alpha value is -1.77. The highest BCUT2D eigenvalue weighted by Crippen LogP contribution is 2.13. The number of aryl methyl sites for hydroxylation is 1. The molecule has 0 aliphatic carbocycles. The molecule has 0 bridgehead atoms. The third kappa shape index (κ3) is 4.10. The molecule has 0 atom stereocenters. The average Bonchev–Trinajstić information content (AvgIpc) is 2.87. The lowest BCUT2D eigenvalue weighted by atomic mass is 10.2. The van der Waals surface area contributed by atoms with E-state index >= 15 is 0 Å². The van der Waals surface area contributed by atoms with Crippen LogP contribution in [0.4, 0.5) is 0 Å². The standard InChI is InChI=1S/C13H17N3O4S/c1-10-5-3-4-6-11(10)21(17,18)14-8-7-12-15-13(9-19-2)20-16-12/h3-6,14H,7-9H2,1-2H3. The number of aromatic nitrogens is 2. The van der Waals surface area contributed by atoms with Crippen molar-refractivity contribution in [3.8, 4) is 0 Å². The molecule has 0 fully saturated rings. The van der Waals surface area contributed by atoms with Crippen molar-refractivity contribution in [3.63, 3.8) is 0 Å². The molecule has 2 rings (SSSR count). The maximum atomic E-state index is 12.2. The molecule has 0 unspecified atom stereocenters. The Labute approximate surface area is 123 Å². The van der Waals surface area contributed by atoms with Gasteiger partial charge in [-0.3, -0.25) is 0 Å². The highest BCUT2D eigenvalue weighted by Gasteiger charge is 2.16. The van der Waals surface area contributed by atoms with Crippen LogP contribution in [0.25, 0.3) is 0 Å². The van der Waals surface area contributed by atoms with Crippen molar-refractivity contribution in [2.45, 2.75) is 24.8 Å². The van der Waals surface area contributed by atoms with E-state index in [0.29, 0.717) is 23.7 Å². The van der Waals surface area contributed by atoms with E-state index in [1.54, 1.807) is 31.2 Å². The van der Waals surface area contributed by atoms with Gasteiger partial charge in [0, 0.05) is 20.1 Å². The van der Waals surface area contributed by atoms with Gasteiger partial charge in [0.2, 0.25) is 10.0 Å². The Morgan fingerprint density at radius 1 is 1.33 bits per heavy atom. The van der Waals surface area contributed by atoms with Crippen molar-refractivity contribution in [2.75, 3.05) is 13.7 Å². The Morgan fingerprint density at radius 3 is 2.81 bits per heavy atom. The molecule has 1 aromatic heterocycles. The third-order valence-electron chi connectivity index (χ3n) is 2.80. The van der Waals surface area contributed by atoms with Gasteiger partial charge in [-0.2, -0.15) is 4.98 Å². The lowest BCUT2D eigenvalue weighted by Crippen LogP contribution is -2.26. The van der Waals surface area contributed by atoms with Crippen molar-refractivity contribution in [1.29, 1.82) is 0 Å². The molecule has 114 valence electrons. The van der Waals surface area contributed by atoms with Crippen LogP contribution in [-0.4, -0.2) is 32.2 Å². The van der Waals surface area contributed by atoms with Gasteiger partial charge in [0.15, 0.2) is 5.82 Å². The Morgan fingerprint density at radius 2 is 2.10 bits per heavy atom. The highest BCUT2D eigenvalue weighted by atomic mass is 32.2. The fraction of sp³-hybridized carbons (Fsp3) is 0.385. The van der Waals surface area contributed by atoms with Crippen LogP contribution in [0.3, 0.4) is 0 Å². The highest BCUT2D eigenvalue weighted by molar-refractivity contribution is 7.89. The number of sulfonamides is 1. The largest absolute Gasteiger partial charge is 0.375 e. The minimum absolute atomic E-state index is 0.197.